The standard InChI is InChI=1S/C18H26N2O3.ClH/c1-13(23-15-5-3-4-14(10-15)22-2)12-20-17(21)16-11-18(16)6-8-19-9-7-18;/h3-5,10,13,16,19H,6-9,11-12H2,1-2H3,(H,20,21);1H. The van der Waals surface area contributed by atoms with Gasteiger partial charge in [0.1, 0.15) is 17.6 Å². The second-order valence-electron chi connectivity index (χ2n) is 6.72. The molecular formula is C18H27ClN2O3. The van der Waals surface area contributed by atoms with Crippen molar-refractivity contribution in [2.45, 2.75) is 32.3 Å². The number of ether oxygens (including phenoxy) is 2. The molecule has 134 valence electrons. The molecule has 0 bridgehead atoms. The van der Waals surface area contributed by atoms with Crippen molar-refractivity contribution in [3.05, 3.63) is 24.3 Å². The number of amides is 1. The van der Waals surface area contributed by atoms with E-state index in [4.69, 9.17) is 9.47 Å². The average Bonchev–Trinajstić information content (AvgIpc) is 3.26. The zero-order valence-electron chi connectivity index (χ0n) is 14.3. The molecule has 0 radical (unpaired) electrons. The Morgan fingerprint density at radius 3 is 2.79 bits per heavy atom. The lowest BCUT2D eigenvalue weighted by molar-refractivity contribution is -0.123. The van der Waals surface area contributed by atoms with E-state index in [0.29, 0.717) is 6.54 Å². The van der Waals surface area contributed by atoms with Crippen molar-refractivity contribution >= 4 is 18.3 Å². The largest absolute Gasteiger partial charge is 0.497 e. The zero-order valence-corrected chi connectivity index (χ0v) is 15.2. The molecule has 2 fully saturated rings. The van der Waals surface area contributed by atoms with Crippen LogP contribution < -0.4 is 20.1 Å². The molecule has 0 aromatic heterocycles. The number of piperidine rings is 1. The van der Waals surface area contributed by atoms with E-state index in [1.165, 1.54) is 0 Å². The van der Waals surface area contributed by atoms with Gasteiger partial charge in [0, 0.05) is 12.0 Å². The second-order valence-corrected chi connectivity index (χ2v) is 6.72. The van der Waals surface area contributed by atoms with Gasteiger partial charge in [-0.2, -0.15) is 0 Å². The van der Waals surface area contributed by atoms with Crippen molar-refractivity contribution in [3.63, 3.8) is 0 Å². The summed E-state index contributed by atoms with van der Waals surface area (Å²) in [6.45, 7) is 4.58. The van der Waals surface area contributed by atoms with Crippen LogP contribution in [-0.2, 0) is 4.79 Å². The third kappa shape index (κ3) is 4.33. The summed E-state index contributed by atoms with van der Waals surface area (Å²) < 4.78 is 11.0. The summed E-state index contributed by atoms with van der Waals surface area (Å²) in [6.07, 6.45) is 3.22. The molecule has 1 heterocycles. The number of benzene rings is 1. The van der Waals surface area contributed by atoms with E-state index in [0.717, 1.165) is 43.9 Å². The second kappa shape index (κ2) is 8.08. The van der Waals surface area contributed by atoms with Gasteiger partial charge in [-0.3, -0.25) is 4.79 Å². The van der Waals surface area contributed by atoms with E-state index in [1.807, 2.05) is 31.2 Å². The number of carbonyl (C=O) groups is 1. The fourth-order valence-electron chi connectivity index (χ4n) is 3.51. The molecule has 2 N–H and O–H groups in total. The quantitative estimate of drug-likeness (QED) is 0.823. The molecule has 3 rings (SSSR count). The first-order valence-corrected chi connectivity index (χ1v) is 8.42. The molecule has 5 nitrogen and oxygen atoms in total. The van der Waals surface area contributed by atoms with Crippen molar-refractivity contribution in [1.82, 2.24) is 10.6 Å². The Labute approximate surface area is 149 Å². The molecule has 1 saturated heterocycles. The highest BCUT2D eigenvalue weighted by molar-refractivity contribution is 5.85. The topological polar surface area (TPSA) is 59.6 Å². The van der Waals surface area contributed by atoms with E-state index < -0.39 is 0 Å². The van der Waals surface area contributed by atoms with Crippen LogP contribution in [0.5, 0.6) is 11.5 Å². The van der Waals surface area contributed by atoms with E-state index in [-0.39, 0.29) is 35.8 Å². The van der Waals surface area contributed by atoms with E-state index in [1.54, 1.807) is 7.11 Å². The minimum absolute atomic E-state index is 0. The van der Waals surface area contributed by atoms with Gasteiger partial charge in [0.25, 0.3) is 0 Å². The van der Waals surface area contributed by atoms with Crippen LogP contribution in [-0.4, -0.2) is 38.8 Å². The number of methoxy groups -OCH3 is 1. The highest BCUT2D eigenvalue weighted by atomic mass is 35.5. The summed E-state index contributed by atoms with van der Waals surface area (Å²) >= 11 is 0. The predicted molar refractivity (Wildman–Crippen MR) is 96.0 cm³/mol. The van der Waals surface area contributed by atoms with Crippen LogP contribution in [0, 0.1) is 11.3 Å². The Morgan fingerprint density at radius 2 is 2.08 bits per heavy atom. The minimum atomic E-state index is -0.0752. The van der Waals surface area contributed by atoms with Gasteiger partial charge in [0.15, 0.2) is 0 Å². The van der Waals surface area contributed by atoms with Crippen molar-refractivity contribution in [2.75, 3.05) is 26.7 Å². The van der Waals surface area contributed by atoms with Crippen molar-refractivity contribution in [2.24, 2.45) is 11.3 Å². The summed E-state index contributed by atoms with van der Waals surface area (Å²) in [6, 6.07) is 7.52. The summed E-state index contributed by atoms with van der Waals surface area (Å²) in [4.78, 5) is 12.3. The molecule has 1 aromatic rings. The normalized spacial score (nSPS) is 22.2. The molecule has 2 atom stereocenters. The van der Waals surface area contributed by atoms with Crippen molar-refractivity contribution in [3.8, 4) is 11.5 Å². The molecule has 24 heavy (non-hydrogen) atoms. The summed E-state index contributed by atoms with van der Waals surface area (Å²) in [5.41, 5.74) is 0.284. The average molecular weight is 355 g/mol. The van der Waals surface area contributed by atoms with Crippen LogP contribution in [0.1, 0.15) is 26.2 Å². The van der Waals surface area contributed by atoms with Gasteiger partial charge >= 0.3 is 0 Å². The lowest BCUT2D eigenvalue weighted by atomic mass is 9.92. The molecule has 1 aromatic carbocycles. The molecular weight excluding hydrogens is 328 g/mol. The fraction of sp³-hybridized carbons (Fsp3) is 0.611. The van der Waals surface area contributed by atoms with E-state index >= 15 is 0 Å². The highest BCUT2D eigenvalue weighted by Crippen LogP contribution is 2.58. The number of halogens is 1. The molecule has 6 heteroatoms. The Bertz CT molecular complexity index is 561. The minimum Gasteiger partial charge on any atom is -0.497 e. The first-order chi connectivity index (χ1) is 11.1. The maximum atomic E-state index is 12.3. The van der Waals surface area contributed by atoms with Gasteiger partial charge in [-0.1, -0.05) is 6.07 Å². The predicted octanol–water partition coefficient (Wildman–Crippen LogP) is 2.39. The number of hydrogen-bond acceptors (Lipinski definition) is 4. The van der Waals surface area contributed by atoms with Gasteiger partial charge in [-0.15, -0.1) is 12.4 Å². The van der Waals surface area contributed by atoms with Crippen LogP contribution in [0.15, 0.2) is 24.3 Å². The first kappa shape index (κ1) is 18.9. The van der Waals surface area contributed by atoms with Crippen LogP contribution >= 0.6 is 12.4 Å². The maximum absolute atomic E-state index is 12.3. The van der Waals surface area contributed by atoms with Crippen LogP contribution in [0.3, 0.4) is 0 Å². The Kier molecular flexibility index (Phi) is 6.35. The summed E-state index contributed by atoms with van der Waals surface area (Å²) in [5.74, 6) is 1.92. The first-order valence-electron chi connectivity index (χ1n) is 8.42. The van der Waals surface area contributed by atoms with E-state index in [2.05, 4.69) is 10.6 Å². The van der Waals surface area contributed by atoms with Gasteiger partial charge in [0.2, 0.25) is 5.91 Å². The fourth-order valence-corrected chi connectivity index (χ4v) is 3.51. The monoisotopic (exact) mass is 354 g/mol. The van der Waals surface area contributed by atoms with Gasteiger partial charge in [-0.05, 0) is 56.8 Å². The van der Waals surface area contributed by atoms with Crippen LogP contribution in [0.2, 0.25) is 0 Å². The summed E-state index contributed by atoms with van der Waals surface area (Å²) in [5, 5.41) is 6.41. The van der Waals surface area contributed by atoms with E-state index in [9.17, 15) is 4.79 Å². The Balaban J connectivity index is 0.00000208. The smallest absolute Gasteiger partial charge is 0.223 e. The summed E-state index contributed by atoms with van der Waals surface area (Å²) in [7, 11) is 1.63. The highest BCUT2D eigenvalue weighted by Gasteiger charge is 2.57. The van der Waals surface area contributed by atoms with Gasteiger partial charge < -0.3 is 20.1 Å². The Morgan fingerprint density at radius 1 is 1.38 bits per heavy atom. The third-order valence-corrected chi connectivity index (χ3v) is 5.05. The van der Waals surface area contributed by atoms with Crippen molar-refractivity contribution < 1.29 is 14.3 Å². The molecule has 1 aliphatic carbocycles. The zero-order chi connectivity index (χ0) is 16.3. The third-order valence-electron chi connectivity index (χ3n) is 5.05. The van der Waals surface area contributed by atoms with Crippen LogP contribution in [0.25, 0.3) is 0 Å². The molecule has 1 saturated carbocycles. The molecule has 1 amide bonds. The van der Waals surface area contributed by atoms with Crippen LogP contribution in [0.4, 0.5) is 0 Å². The van der Waals surface area contributed by atoms with Gasteiger partial charge in [0.05, 0.1) is 13.7 Å². The Hall–Kier alpha value is -1.46. The maximum Gasteiger partial charge on any atom is 0.223 e. The lowest BCUT2D eigenvalue weighted by Gasteiger charge is -2.23. The number of rotatable bonds is 6. The lowest BCUT2D eigenvalue weighted by Crippen LogP contribution is -2.37. The van der Waals surface area contributed by atoms with Gasteiger partial charge in [-0.25, -0.2) is 0 Å². The number of carbonyl (C=O) groups excluding carboxylic acids is 1. The molecule has 2 unspecified atom stereocenters. The molecule has 1 spiro atoms. The van der Waals surface area contributed by atoms with Crippen molar-refractivity contribution in [1.29, 1.82) is 0 Å². The number of nitrogens with one attached hydrogen (secondary N) is 2. The molecule has 1 aliphatic heterocycles. The SMILES string of the molecule is COc1cccc(OC(C)CNC(=O)C2CC23CCNCC3)c1.Cl. The molecule has 2 aliphatic rings. The number of hydrogen-bond donors (Lipinski definition) is 2.